The lowest BCUT2D eigenvalue weighted by atomic mass is 9.90. The van der Waals surface area contributed by atoms with Gasteiger partial charge in [-0.1, -0.05) is 18.2 Å². The van der Waals surface area contributed by atoms with Gasteiger partial charge in [-0.05, 0) is 29.7 Å². The van der Waals surface area contributed by atoms with Crippen LogP contribution in [0.5, 0.6) is 5.88 Å². The number of H-pyrrole nitrogens is 1. The minimum atomic E-state index is -4.48. The molecule has 2 atom stereocenters. The minimum Gasteiger partial charge on any atom is -0.468 e. The third kappa shape index (κ3) is 5.15. The molecule has 11 heteroatoms. The zero-order valence-electron chi connectivity index (χ0n) is 16.0. The Balaban J connectivity index is 2.01. The van der Waals surface area contributed by atoms with Crippen molar-refractivity contribution in [3.05, 3.63) is 71.1 Å². The Hall–Kier alpha value is -2.95. The van der Waals surface area contributed by atoms with Gasteiger partial charge in [-0.2, -0.15) is 13.2 Å². The maximum Gasteiger partial charge on any atom is 0.422 e. The summed E-state index contributed by atoms with van der Waals surface area (Å²) in [5.41, 5.74) is 1.56. The number of ether oxygens (including phenoxy) is 1. The third-order valence-electron chi connectivity index (χ3n) is 4.26. The number of aromatic nitrogens is 3. The summed E-state index contributed by atoms with van der Waals surface area (Å²) >= 11 is 0. The van der Waals surface area contributed by atoms with Crippen LogP contribution in [0.25, 0.3) is 0 Å². The quantitative estimate of drug-likeness (QED) is 0.553. The van der Waals surface area contributed by atoms with E-state index in [1.54, 1.807) is 19.1 Å². The zero-order chi connectivity index (χ0) is 22.1. The molecule has 0 radical (unpaired) electrons. The molecular formula is C19H18F4N4O2S. The van der Waals surface area contributed by atoms with Crippen molar-refractivity contribution in [2.75, 3.05) is 12.9 Å². The number of halogens is 4. The number of alkyl halides is 3. The molecule has 30 heavy (non-hydrogen) atoms. The largest absolute Gasteiger partial charge is 0.468 e. The average molecular weight is 442 g/mol. The number of imidazole rings is 1. The molecule has 0 amide bonds. The molecule has 0 aliphatic rings. The molecule has 0 aliphatic heterocycles. The molecule has 6 nitrogen and oxygen atoms in total. The topological polar surface area (TPSA) is 91.7 Å². The fraction of sp³-hybridized carbons (Fsp3) is 0.263. The van der Waals surface area contributed by atoms with E-state index in [0.29, 0.717) is 22.5 Å². The van der Waals surface area contributed by atoms with Crippen LogP contribution in [0, 0.1) is 17.5 Å². The van der Waals surface area contributed by atoms with Gasteiger partial charge < -0.3 is 9.72 Å². The summed E-state index contributed by atoms with van der Waals surface area (Å²) < 4.78 is 75.1. The van der Waals surface area contributed by atoms with Gasteiger partial charge in [-0.25, -0.2) is 23.3 Å². The first kappa shape index (κ1) is 21.8. The van der Waals surface area contributed by atoms with Crippen molar-refractivity contribution in [3.63, 3.8) is 0 Å². The molecule has 0 fully saturated rings. The maximum atomic E-state index is 13.8. The summed E-state index contributed by atoms with van der Waals surface area (Å²) in [6.45, 7) is 0.133. The van der Waals surface area contributed by atoms with Gasteiger partial charge in [0.15, 0.2) is 6.61 Å². The molecule has 3 rings (SSSR count). The van der Waals surface area contributed by atoms with Crippen LogP contribution in [0.15, 0.2) is 47.8 Å². The Morgan fingerprint density at radius 2 is 1.87 bits per heavy atom. The lowest BCUT2D eigenvalue weighted by molar-refractivity contribution is -0.154. The Labute approximate surface area is 170 Å². The summed E-state index contributed by atoms with van der Waals surface area (Å²) in [6.07, 6.45) is -0.609. The average Bonchev–Trinajstić information content (AvgIpc) is 3.14. The monoisotopic (exact) mass is 442 g/mol. The highest BCUT2D eigenvalue weighted by atomic mass is 32.2. The Bertz CT molecular complexity index is 1140. The first-order valence-corrected chi connectivity index (χ1v) is 10.6. The van der Waals surface area contributed by atoms with Gasteiger partial charge in [0.05, 0.1) is 21.8 Å². The molecule has 2 aromatic heterocycles. The standard InChI is InChI=1S/C19H18F4N4O2S/c1-11-7-12(3-5-14(11)20)17(18-26-9-16(27-18)30(2,24)28)13-4-6-15(25-8-13)29-10-19(21,22)23/h3-9,17,24H,10H2,1-2H3,(H,26,27). The Kier molecular flexibility index (Phi) is 5.84. The van der Waals surface area contributed by atoms with Crippen molar-refractivity contribution in [2.24, 2.45) is 0 Å². The highest BCUT2D eigenvalue weighted by Crippen LogP contribution is 2.32. The number of aromatic amines is 1. The number of hydrogen-bond donors (Lipinski definition) is 2. The van der Waals surface area contributed by atoms with Crippen LogP contribution < -0.4 is 4.74 Å². The van der Waals surface area contributed by atoms with Crippen molar-refractivity contribution in [1.82, 2.24) is 15.0 Å². The molecule has 160 valence electrons. The summed E-state index contributed by atoms with van der Waals surface area (Å²) in [7, 11) is -3.04. The molecule has 0 spiro atoms. The summed E-state index contributed by atoms with van der Waals surface area (Å²) in [5.74, 6) is -0.866. The second-order valence-electron chi connectivity index (χ2n) is 6.75. The van der Waals surface area contributed by atoms with Crippen molar-refractivity contribution >= 4 is 9.73 Å². The minimum absolute atomic E-state index is 0.124. The van der Waals surface area contributed by atoms with Gasteiger partial charge >= 0.3 is 6.18 Å². The lowest BCUT2D eigenvalue weighted by Crippen LogP contribution is -2.19. The van der Waals surface area contributed by atoms with Crippen LogP contribution in [0.4, 0.5) is 17.6 Å². The van der Waals surface area contributed by atoms with Crippen LogP contribution in [-0.4, -0.2) is 38.2 Å². The van der Waals surface area contributed by atoms with E-state index in [1.807, 2.05) is 0 Å². The van der Waals surface area contributed by atoms with E-state index in [9.17, 15) is 21.8 Å². The summed E-state index contributed by atoms with van der Waals surface area (Å²) in [6, 6.07) is 7.27. The van der Waals surface area contributed by atoms with Crippen molar-refractivity contribution in [2.45, 2.75) is 24.0 Å². The molecule has 0 aliphatic carbocycles. The van der Waals surface area contributed by atoms with E-state index in [1.165, 1.54) is 36.8 Å². The smallest absolute Gasteiger partial charge is 0.422 e. The normalized spacial score (nSPS) is 14.9. The number of aryl methyl sites for hydroxylation is 1. The Morgan fingerprint density at radius 1 is 1.17 bits per heavy atom. The zero-order valence-corrected chi connectivity index (χ0v) is 16.8. The number of nitrogens with zero attached hydrogens (tertiary/aromatic N) is 2. The molecule has 2 heterocycles. The first-order chi connectivity index (χ1) is 13.9. The molecule has 0 saturated carbocycles. The van der Waals surface area contributed by atoms with Crippen LogP contribution >= 0.6 is 0 Å². The van der Waals surface area contributed by atoms with Gasteiger partial charge in [0.2, 0.25) is 5.88 Å². The van der Waals surface area contributed by atoms with Crippen LogP contribution in [0.2, 0.25) is 0 Å². The number of pyridine rings is 1. The molecule has 2 N–H and O–H groups in total. The van der Waals surface area contributed by atoms with Gasteiger partial charge in [0.1, 0.15) is 16.7 Å². The number of nitrogens with one attached hydrogen (secondary N) is 2. The predicted octanol–water partition coefficient (Wildman–Crippen LogP) is 4.41. The van der Waals surface area contributed by atoms with Gasteiger partial charge in [-0.15, -0.1) is 0 Å². The highest BCUT2D eigenvalue weighted by molar-refractivity contribution is 7.91. The van der Waals surface area contributed by atoms with Crippen LogP contribution in [0.3, 0.4) is 0 Å². The third-order valence-corrected chi connectivity index (χ3v) is 5.30. The molecule has 0 bridgehead atoms. The van der Waals surface area contributed by atoms with Crippen LogP contribution in [0.1, 0.15) is 28.4 Å². The van der Waals surface area contributed by atoms with E-state index in [2.05, 4.69) is 19.7 Å². The highest BCUT2D eigenvalue weighted by Gasteiger charge is 2.29. The van der Waals surface area contributed by atoms with E-state index in [0.717, 1.165) is 0 Å². The Morgan fingerprint density at radius 3 is 2.40 bits per heavy atom. The van der Waals surface area contributed by atoms with Gasteiger partial charge in [-0.3, -0.25) is 0 Å². The lowest BCUT2D eigenvalue weighted by Gasteiger charge is -2.17. The maximum absolute atomic E-state index is 13.8. The number of rotatable bonds is 6. The fourth-order valence-electron chi connectivity index (χ4n) is 2.82. The second kappa shape index (κ2) is 8.05. The molecule has 1 aromatic carbocycles. The molecule has 2 unspecified atom stereocenters. The molecular weight excluding hydrogens is 424 g/mol. The van der Waals surface area contributed by atoms with E-state index < -0.39 is 34.2 Å². The van der Waals surface area contributed by atoms with E-state index >= 15 is 0 Å². The van der Waals surface area contributed by atoms with E-state index in [4.69, 9.17) is 4.78 Å². The number of benzene rings is 1. The summed E-state index contributed by atoms with van der Waals surface area (Å²) in [4.78, 5) is 11.0. The van der Waals surface area contributed by atoms with Crippen LogP contribution in [-0.2, 0) is 9.73 Å². The molecule has 0 saturated heterocycles. The summed E-state index contributed by atoms with van der Waals surface area (Å²) in [5, 5.41) is 0.124. The predicted molar refractivity (Wildman–Crippen MR) is 102 cm³/mol. The van der Waals surface area contributed by atoms with E-state index in [-0.39, 0.29) is 10.9 Å². The van der Waals surface area contributed by atoms with Crippen molar-refractivity contribution in [3.8, 4) is 5.88 Å². The van der Waals surface area contributed by atoms with Gasteiger partial charge in [0, 0.05) is 18.5 Å². The van der Waals surface area contributed by atoms with Gasteiger partial charge in [0.25, 0.3) is 0 Å². The number of hydrogen-bond acceptors (Lipinski definition) is 5. The van der Waals surface area contributed by atoms with Crippen molar-refractivity contribution in [1.29, 1.82) is 4.78 Å². The molecule has 3 aromatic rings. The fourth-order valence-corrected chi connectivity index (χ4v) is 3.38. The van der Waals surface area contributed by atoms with Crippen molar-refractivity contribution < 1.29 is 26.5 Å². The SMILES string of the molecule is Cc1cc(C(c2ccc(OCC(F)(F)F)nc2)c2ncc(S(C)(=N)=O)[nH]2)ccc1F. The first-order valence-electron chi connectivity index (χ1n) is 8.64. The second-order valence-corrected chi connectivity index (χ2v) is 8.88.